The largest absolute Gasteiger partial charge is 0.444 e. The molecule has 0 saturated heterocycles. The Morgan fingerprint density at radius 2 is 1.77 bits per heavy atom. The van der Waals surface area contributed by atoms with E-state index in [1.54, 1.807) is 33.0 Å². The fourth-order valence-electron chi connectivity index (χ4n) is 4.87. The molecule has 0 aliphatic heterocycles. The Kier molecular flexibility index (Phi) is 7.32. The minimum absolute atomic E-state index is 0.165. The number of hydrogen-bond acceptors (Lipinski definition) is 5. The van der Waals surface area contributed by atoms with Crippen LogP contribution in [0.3, 0.4) is 0 Å². The predicted molar refractivity (Wildman–Crippen MR) is 150 cm³/mol. The molecule has 5 rings (SSSR count). The van der Waals surface area contributed by atoms with E-state index in [1.807, 2.05) is 48.5 Å². The third-order valence-corrected chi connectivity index (χ3v) is 7.13. The zero-order chi connectivity index (χ0) is 27.6. The number of ether oxygens (including phenoxy) is 1. The van der Waals surface area contributed by atoms with Crippen LogP contribution in [0.5, 0.6) is 0 Å². The molecule has 2 heterocycles. The van der Waals surface area contributed by atoms with Gasteiger partial charge in [-0.2, -0.15) is 0 Å². The van der Waals surface area contributed by atoms with E-state index in [1.165, 1.54) is 5.56 Å². The molecule has 0 bridgehead atoms. The Bertz CT molecular complexity index is 1490. The van der Waals surface area contributed by atoms with Crippen molar-refractivity contribution in [2.45, 2.75) is 63.8 Å². The number of nitrogens with zero attached hydrogens (tertiary/aromatic N) is 3. The zero-order valence-electron chi connectivity index (χ0n) is 22.3. The number of pyridine rings is 1. The van der Waals surface area contributed by atoms with E-state index in [0.717, 1.165) is 29.6 Å². The van der Waals surface area contributed by atoms with Gasteiger partial charge in [0.1, 0.15) is 23.0 Å². The Hall–Kier alpha value is -3.91. The normalized spacial score (nSPS) is 15.0. The van der Waals surface area contributed by atoms with Crippen molar-refractivity contribution in [2.24, 2.45) is 0 Å². The fraction of sp³-hybridized carbons (Fsp3) is 0.333. The molecule has 0 radical (unpaired) electrons. The molecular weight excluding hydrogens is 514 g/mol. The van der Waals surface area contributed by atoms with Gasteiger partial charge in [0.15, 0.2) is 5.65 Å². The first-order valence-corrected chi connectivity index (χ1v) is 13.4. The molecule has 2 aromatic carbocycles. The molecule has 2 N–H and O–H groups in total. The molecule has 0 unspecified atom stereocenters. The molecule has 0 spiro atoms. The van der Waals surface area contributed by atoms with Crippen LogP contribution >= 0.6 is 11.6 Å². The van der Waals surface area contributed by atoms with Crippen molar-refractivity contribution in [3.63, 3.8) is 0 Å². The Labute approximate surface area is 232 Å². The highest BCUT2D eigenvalue weighted by atomic mass is 35.5. The first-order chi connectivity index (χ1) is 18.7. The van der Waals surface area contributed by atoms with E-state index >= 15 is 0 Å². The third-order valence-electron chi connectivity index (χ3n) is 6.76. The van der Waals surface area contributed by atoms with Crippen molar-refractivity contribution in [1.82, 2.24) is 25.2 Å². The first-order valence-electron chi connectivity index (χ1n) is 13.1. The molecular formula is C30H32ClN5O3. The second-order valence-corrected chi connectivity index (χ2v) is 11.2. The van der Waals surface area contributed by atoms with Crippen LogP contribution in [0.4, 0.5) is 4.79 Å². The van der Waals surface area contributed by atoms with Crippen molar-refractivity contribution >= 4 is 34.8 Å². The summed E-state index contributed by atoms with van der Waals surface area (Å²) in [6.45, 7) is 5.48. The number of rotatable bonds is 8. The Morgan fingerprint density at radius 1 is 1.05 bits per heavy atom. The quantitative estimate of drug-likeness (QED) is 0.310. The van der Waals surface area contributed by atoms with Gasteiger partial charge in [0, 0.05) is 17.6 Å². The molecule has 9 heteroatoms. The van der Waals surface area contributed by atoms with E-state index < -0.39 is 17.7 Å². The van der Waals surface area contributed by atoms with Crippen LogP contribution in [0, 0.1) is 0 Å². The van der Waals surface area contributed by atoms with E-state index in [-0.39, 0.29) is 24.4 Å². The molecule has 1 fully saturated rings. The van der Waals surface area contributed by atoms with Gasteiger partial charge in [0.05, 0.1) is 12.1 Å². The summed E-state index contributed by atoms with van der Waals surface area (Å²) < 4.78 is 7.58. The van der Waals surface area contributed by atoms with Gasteiger partial charge >= 0.3 is 6.09 Å². The van der Waals surface area contributed by atoms with Gasteiger partial charge in [-0.05, 0) is 62.9 Å². The van der Waals surface area contributed by atoms with Gasteiger partial charge in [0.2, 0.25) is 5.91 Å². The first kappa shape index (κ1) is 26.7. The SMILES string of the molecule is CC(C)(C)OC(=O)N[C@H](Cc1ccccc1Cl)C(=O)NCc1nc2cccnc2n1C1(c2ccccc2)CC1. The highest BCUT2D eigenvalue weighted by Crippen LogP contribution is 2.51. The molecule has 4 aromatic rings. The number of fused-ring (bicyclic) bond motifs is 1. The molecule has 1 aliphatic rings. The van der Waals surface area contributed by atoms with Crippen LogP contribution in [0.25, 0.3) is 11.2 Å². The maximum absolute atomic E-state index is 13.5. The number of imidazole rings is 1. The fourth-order valence-corrected chi connectivity index (χ4v) is 5.08. The van der Waals surface area contributed by atoms with Gasteiger partial charge in [-0.1, -0.05) is 60.1 Å². The zero-order valence-corrected chi connectivity index (χ0v) is 23.0. The molecule has 2 aromatic heterocycles. The van der Waals surface area contributed by atoms with Gasteiger partial charge in [0.25, 0.3) is 0 Å². The number of aromatic nitrogens is 3. The van der Waals surface area contributed by atoms with Crippen molar-refractivity contribution in [2.75, 3.05) is 0 Å². The van der Waals surface area contributed by atoms with Crippen LogP contribution in [0.2, 0.25) is 5.02 Å². The molecule has 1 atom stereocenters. The molecule has 39 heavy (non-hydrogen) atoms. The van der Waals surface area contributed by atoms with E-state index in [0.29, 0.717) is 10.8 Å². The van der Waals surface area contributed by atoms with Crippen molar-refractivity contribution < 1.29 is 14.3 Å². The number of carbonyl (C=O) groups is 2. The van der Waals surface area contributed by atoms with Crippen LogP contribution < -0.4 is 10.6 Å². The summed E-state index contributed by atoms with van der Waals surface area (Å²) in [4.78, 5) is 35.6. The van der Waals surface area contributed by atoms with E-state index in [2.05, 4.69) is 32.3 Å². The molecule has 2 amide bonds. The maximum Gasteiger partial charge on any atom is 0.408 e. The van der Waals surface area contributed by atoms with Crippen LogP contribution in [0.1, 0.15) is 50.6 Å². The van der Waals surface area contributed by atoms with Crippen molar-refractivity contribution in [3.05, 3.63) is 94.9 Å². The highest BCUT2D eigenvalue weighted by Gasteiger charge is 2.48. The van der Waals surface area contributed by atoms with Crippen LogP contribution in [-0.4, -0.2) is 38.2 Å². The monoisotopic (exact) mass is 545 g/mol. The Balaban J connectivity index is 1.41. The molecule has 8 nitrogen and oxygen atoms in total. The van der Waals surface area contributed by atoms with E-state index in [4.69, 9.17) is 21.3 Å². The Morgan fingerprint density at radius 3 is 2.46 bits per heavy atom. The number of alkyl carbamates (subject to hydrolysis) is 1. The van der Waals surface area contributed by atoms with Gasteiger partial charge < -0.3 is 19.9 Å². The van der Waals surface area contributed by atoms with Crippen molar-refractivity contribution in [1.29, 1.82) is 0 Å². The predicted octanol–water partition coefficient (Wildman–Crippen LogP) is 5.37. The maximum atomic E-state index is 13.5. The summed E-state index contributed by atoms with van der Waals surface area (Å²) in [6.07, 6.45) is 3.20. The smallest absolute Gasteiger partial charge is 0.408 e. The lowest BCUT2D eigenvalue weighted by Gasteiger charge is -2.24. The summed E-state index contributed by atoms with van der Waals surface area (Å²) in [5.74, 6) is 0.337. The summed E-state index contributed by atoms with van der Waals surface area (Å²) in [5.41, 5.74) is 2.52. The lowest BCUT2D eigenvalue weighted by Crippen LogP contribution is -2.49. The average Bonchev–Trinajstić information content (AvgIpc) is 3.61. The number of nitrogens with one attached hydrogen (secondary N) is 2. The second kappa shape index (κ2) is 10.7. The standard InChI is InChI=1S/C30H32ClN5O3/c1-29(2,3)39-28(38)35-24(18-20-10-7-8-13-22(20)31)27(37)33-19-25-34-23-14-9-17-32-26(23)36(25)30(15-16-30)21-11-5-4-6-12-21/h4-14,17,24H,15-16,18-19H2,1-3H3,(H,33,37)(H,35,38)/t24-/m1/s1. The molecule has 1 aliphatic carbocycles. The minimum Gasteiger partial charge on any atom is -0.444 e. The number of hydrogen-bond donors (Lipinski definition) is 2. The summed E-state index contributed by atoms with van der Waals surface area (Å²) >= 11 is 6.37. The topological polar surface area (TPSA) is 98.1 Å². The highest BCUT2D eigenvalue weighted by molar-refractivity contribution is 6.31. The average molecular weight is 546 g/mol. The van der Waals surface area contributed by atoms with E-state index in [9.17, 15) is 9.59 Å². The summed E-state index contributed by atoms with van der Waals surface area (Å²) in [6, 6.07) is 20.4. The summed E-state index contributed by atoms with van der Waals surface area (Å²) in [7, 11) is 0. The van der Waals surface area contributed by atoms with Gasteiger partial charge in [-0.3, -0.25) is 4.79 Å². The lowest BCUT2D eigenvalue weighted by molar-refractivity contribution is -0.123. The van der Waals surface area contributed by atoms with Crippen LogP contribution in [-0.2, 0) is 28.0 Å². The third kappa shape index (κ3) is 5.91. The molecule has 202 valence electrons. The van der Waals surface area contributed by atoms with Crippen molar-refractivity contribution in [3.8, 4) is 0 Å². The number of halogens is 1. The van der Waals surface area contributed by atoms with Gasteiger partial charge in [-0.15, -0.1) is 0 Å². The van der Waals surface area contributed by atoms with Crippen LogP contribution in [0.15, 0.2) is 72.9 Å². The number of carbonyl (C=O) groups excluding carboxylic acids is 2. The molecule has 1 saturated carbocycles. The second-order valence-electron chi connectivity index (χ2n) is 10.8. The lowest BCUT2D eigenvalue weighted by atomic mass is 10.0. The minimum atomic E-state index is -0.903. The summed E-state index contributed by atoms with van der Waals surface area (Å²) in [5, 5.41) is 6.24. The number of benzene rings is 2. The van der Waals surface area contributed by atoms with Gasteiger partial charge in [-0.25, -0.2) is 14.8 Å². The number of amides is 2.